The van der Waals surface area contributed by atoms with E-state index in [2.05, 4.69) is 10.4 Å². The van der Waals surface area contributed by atoms with E-state index in [0.717, 1.165) is 0 Å². The lowest BCUT2D eigenvalue weighted by Crippen LogP contribution is -2.33. The summed E-state index contributed by atoms with van der Waals surface area (Å²) in [5.41, 5.74) is 6.81. The van der Waals surface area contributed by atoms with E-state index in [9.17, 15) is 14.7 Å². The fraction of sp³-hybridized carbons (Fsp3) is 0.154. The molecule has 1 aromatic carbocycles. The van der Waals surface area contributed by atoms with E-state index < -0.39 is 17.9 Å². The Labute approximate surface area is 115 Å². The number of nitrogen functional groups attached to an aromatic ring is 1. The van der Waals surface area contributed by atoms with Gasteiger partial charge in [0.25, 0.3) is 5.91 Å². The molecule has 1 amide bonds. The predicted molar refractivity (Wildman–Crippen MR) is 71.9 cm³/mol. The maximum Gasteiger partial charge on any atom is 0.331 e. The van der Waals surface area contributed by atoms with Crippen molar-refractivity contribution < 1.29 is 14.7 Å². The number of amides is 1. The second-order valence-electron chi connectivity index (χ2n) is 4.31. The van der Waals surface area contributed by atoms with Crippen LogP contribution in [0.4, 0.5) is 5.69 Å². The van der Waals surface area contributed by atoms with Crippen molar-refractivity contribution in [3.63, 3.8) is 0 Å². The zero-order chi connectivity index (χ0) is 14.7. The molecule has 104 valence electrons. The number of aromatic nitrogens is 2. The van der Waals surface area contributed by atoms with Gasteiger partial charge >= 0.3 is 5.97 Å². The molecule has 0 bridgehead atoms. The van der Waals surface area contributed by atoms with E-state index in [1.165, 1.54) is 23.0 Å². The summed E-state index contributed by atoms with van der Waals surface area (Å²) in [7, 11) is 1.67. The van der Waals surface area contributed by atoms with E-state index in [1.807, 2.05) is 0 Å². The molecular weight excluding hydrogens is 260 g/mol. The summed E-state index contributed by atoms with van der Waals surface area (Å²) in [4.78, 5) is 23.3. The fourth-order valence-corrected chi connectivity index (χ4v) is 1.73. The van der Waals surface area contributed by atoms with Crippen LogP contribution in [0.25, 0.3) is 0 Å². The summed E-state index contributed by atoms with van der Waals surface area (Å²) >= 11 is 0. The van der Waals surface area contributed by atoms with Gasteiger partial charge in [-0.3, -0.25) is 9.48 Å². The van der Waals surface area contributed by atoms with Crippen LogP contribution in [0.5, 0.6) is 0 Å². The molecule has 1 unspecified atom stereocenters. The smallest absolute Gasteiger partial charge is 0.331 e. The summed E-state index contributed by atoms with van der Waals surface area (Å²) < 4.78 is 1.47. The predicted octanol–water partition coefficient (Wildman–Crippen LogP) is 0.558. The van der Waals surface area contributed by atoms with E-state index in [4.69, 9.17) is 5.73 Å². The molecule has 0 radical (unpaired) electrons. The van der Waals surface area contributed by atoms with Gasteiger partial charge in [-0.1, -0.05) is 0 Å². The molecule has 7 nitrogen and oxygen atoms in total. The van der Waals surface area contributed by atoms with Crippen molar-refractivity contribution in [3.8, 4) is 0 Å². The lowest BCUT2D eigenvalue weighted by molar-refractivity contribution is -0.139. The number of carboxylic acids is 1. The van der Waals surface area contributed by atoms with Crippen LogP contribution < -0.4 is 11.1 Å². The van der Waals surface area contributed by atoms with Crippen molar-refractivity contribution in [3.05, 3.63) is 47.8 Å². The van der Waals surface area contributed by atoms with E-state index in [-0.39, 0.29) is 0 Å². The molecule has 1 aromatic heterocycles. The number of rotatable bonds is 4. The van der Waals surface area contributed by atoms with Gasteiger partial charge in [0.05, 0.1) is 6.20 Å². The zero-order valence-corrected chi connectivity index (χ0v) is 10.8. The van der Waals surface area contributed by atoms with Gasteiger partial charge in [0.1, 0.15) is 0 Å². The maximum absolute atomic E-state index is 12.0. The van der Waals surface area contributed by atoms with Gasteiger partial charge in [-0.05, 0) is 24.3 Å². The molecule has 1 heterocycles. The number of nitrogens with zero attached hydrogens (tertiary/aromatic N) is 2. The molecule has 0 aliphatic carbocycles. The average molecular weight is 274 g/mol. The van der Waals surface area contributed by atoms with Crippen LogP contribution in [0, 0.1) is 0 Å². The van der Waals surface area contributed by atoms with Crippen LogP contribution in [0.3, 0.4) is 0 Å². The number of carboxylic acid groups (broad SMARTS) is 1. The first kappa shape index (κ1) is 13.6. The molecule has 4 N–H and O–H groups in total. The molecule has 0 spiro atoms. The normalized spacial score (nSPS) is 11.8. The Morgan fingerprint density at radius 3 is 2.50 bits per heavy atom. The minimum atomic E-state index is -1.15. The van der Waals surface area contributed by atoms with Gasteiger partial charge in [0.15, 0.2) is 6.04 Å². The van der Waals surface area contributed by atoms with E-state index in [0.29, 0.717) is 16.8 Å². The Hall–Kier alpha value is -2.83. The zero-order valence-electron chi connectivity index (χ0n) is 10.8. The number of hydrogen-bond acceptors (Lipinski definition) is 4. The molecule has 2 aromatic rings. The molecule has 0 aliphatic heterocycles. The van der Waals surface area contributed by atoms with Crippen LogP contribution in [-0.2, 0) is 11.8 Å². The van der Waals surface area contributed by atoms with Crippen molar-refractivity contribution in [1.82, 2.24) is 15.1 Å². The first-order valence-electron chi connectivity index (χ1n) is 5.85. The van der Waals surface area contributed by atoms with Gasteiger partial charge in [-0.25, -0.2) is 4.79 Å². The molecule has 0 fully saturated rings. The first-order valence-corrected chi connectivity index (χ1v) is 5.85. The SMILES string of the molecule is Cn1cc(C(NC(=O)c2ccc(N)cc2)C(=O)O)cn1. The summed E-state index contributed by atoms with van der Waals surface area (Å²) in [6, 6.07) is 5.08. The minimum absolute atomic E-state index is 0.342. The van der Waals surface area contributed by atoms with Gasteiger partial charge < -0.3 is 16.2 Å². The number of aryl methyl sites for hydroxylation is 1. The summed E-state index contributed by atoms with van der Waals surface area (Å²) in [5.74, 6) is -1.64. The number of carbonyl (C=O) groups excluding carboxylic acids is 1. The number of benzene rings is 1. The third-order valence-corrected chi connectivity index (χ3v) is 2.75. The van der Waals surface area contributed by atoms with E-state index in [1.54, 1.807) is 25.4 Å². The van der Waals surface area contributed by atoms with Gasteiger partial charge in [-0.2, -0.15) is 5.10 Å². The Morgan fingerprint density at radius 1 is 1.35 bits per heavy atom. The Bertz CT molecular complexity index is 633. The van der Waals surface area contributed by atoms with Crippen LogP contribution in [0.15, 0.2) is 36.7 Å². The largest absolute Gasteiger partial charge is 0.479 e. The molecule has 0 aliphatic rings. The topological polar surface area (TPSA) is 110 Å². The standard InChI is InChI=1S/C13H14N4O3/c1-17-7-9(6-15-17)11(13(19)20)16-12(18)8-2-4-10(14)5-3-8/h2-7,11H,14H2,1H3,(H,16,18)(H,19,20). The average Bonchev–Trinajstić information content (AvgIpc) is 2.82. The third kappa shape index (κ3) is 2.94. The van der Waals surface area contributed by atoms with E-state index >= 15 is 0 Å². The first-order chi connectivity index (χ1) is 9.47. The summed E-state index contributed by atoms with van der Waals surface area (Å²) in [5, 5.41) is 15.6. The molecule has 0 saturated heterocycles. The monoisotopic (exact) mass is 274 g/mol. The molecule has 0 saturated carbocycles. The van der Waals surface area contributed by atoms with Crippen LogP contribution in [0.2, 0.25) is 0 Å². The highest BCUT2D eigenvalue weighted by Gasteiger charge is 2.23. The summed E-state index contributed by atoms with van der Waals surface area (Å²) in [6.07, 6.45) is 2.95. The molecule has 2 rings (SSSR count). The lowest BCUT2D eigenvalue weighted by atomic mass is 10.1. The van der Waals surface area contributed by atoms with Crippen LogP contribution >= 0.6 is 0 Å². The number of aliphatic carboxylic acids is 1. The highest BCUT2D eigenvalue weighted by molar-refractivity contribution is 5.97. The second-order valence-corrected chi connectivity index (χ2v) is 4.31. The van der Waals surface area contributed by atoms with Crippen molar-refractivity contribution in [2.75, 3.05) is 5.73 Å². The fourth-order valence-electron chi connectivity index (χ4n) is 1.73. The van der Waals surface area contributed by atoms with Gasteiger partial charge in [0, 0.05) is 30.1 Å². The number of nitrogens with two attached hydrogens (primary N) is 1. The quantitative estimate of drug-likeness (QED) is 0.705. The number of carbonyl (C=O) groups is 2. The highest BCUT2D eigenvalue weighted by Crippen LogP contribution is 2.14. The lowest BCUT2D eigenvalue weighted by Gasteiger charge is -2.13. The van der Waals surface area contributed by atoms with Crippen molar-refractivity contribution >= 4 is 17.6 Å². The molecule has 20 heavy (non-hydrogen) atoms. The Balaban J connectivity index is 2.18. The van der Waals surface area contributed by atoms with Gasteiger partial charge in [-0.15, -0.1) is 0 Å². The van der Waals surface area contributed by atoms with Crippen LogP contribution in [-0.4, -0.2) is 26.8 Å². The molecular formula is C13H14N4O3. The minimum Gasteiger partial charge on any atom is -0.479 e. The number of hydrogen-bond donors (Lipinski definition) is 3. The number of nitrogens with one attached hydrogen (secondary N) is 1. The third-order valence-electron chi connectivity index (χ3n) is 2.75. The maximum atomic E-state index is 12.0. The molecule has 7 heteroatoms. The highest BCUT2D eigenvalue weighted by atomic mass is 16.4. The van der Waals surface area contributed by atoms with Crippen LogP contribution in [0.1, 0.15) is 22.0 Å². The van der Waals surface area contributed by atoms with Crippen molar-refractivity contribution in [2.45, 2.75) is 6.04 Å². The second kappa shape index (κ2) is 5.43. The van der Waals surface area contributed by atoms with Gasteiger partial charge in [0.2, 0.25) is 0 Å². The molecule has 1 atom stereocenters. The Kier molecular flexibility index (Phi) is 3.69. The van der Waals surface area contributed by atoms with Crippen molar-refractivity contribution in [1.29, 1.82) is 0 Å². The van der Waals surface area contributed by atoms with Crippen molar-refractivity contribution in [2.24, 2.45) is 7.05 Å². The number of anilines is 1. The summed E-state index contributed by atoms with van der Waals surface area (Å²) in [6.45, 7) is 0. The Morgan fingerprint density at radius 2 is 2.00 bits per heavy atom.